The number of nitrogens with one attached hydrogen (secondary N) is 1. The lowest BCUT2D eigenvalue weighted by molar-refractivity contribution is -0.142. The molecule has 1 aromatic rings. The van der Waals surface area contributed by atoms with Gasteiger partial charge in [-0.2, -0.15) is 0 Å². The van der Waals surface area contributed by atoms with E-state index in [1.54, 1.807) is 11.9 Å². The Hall–Kier alpha value is -1.92. The van der Waals surface area contributed by atoms with Crippen LogP contribution in [0.25, 0.3) is 0 Å². The number of nitrogens with zero attached hydrogens (tertiary/aromatic N) is 2. The minimum atomic E-state index is -0.622. The van der Waals surface area contributed by atoms with Gasteiger partial charge in [0, 0.05) is 25.0 Å². The first-order valence-electron chi connectivity index (χ1n) is 12.7. The van der Waals surface area contributed by atoms with Gasteiger partial charge in [-0.05, 0) is 76.9 Å². The van der Waals surface area contributed by atoms with E-state index in [1.165, 1.54) is 5.56 Å². The van der Waals surface area contributed by atoms with Gasteiger partial charge in [-0.1, -0.05) is 43.7 Å². The molecule has 1 saturated carbocycles. The van der Waals surface area contributed by atoms with Crippen LogP contribution in [0.4, 0.5) is 0 Å². The SMILES string of the molecule is CNC(=O)CN1CCC[C@](c2ccccc2)(N(C)C)CCCC(CC2(O)CCC2)C(C)C1=O. The second kappa shape index (κ2) is 11.0. The predicted molar refractivity (Wildman–Crippen MR) is 132 cm³/mol. The van der Waals surface area contributed by atoms with E-state index in [1.807, 2.05) is 6.92 Å². The molecule has 0 aromatic heterocycles. The predicted octanol–water partition coefficient (Wildman–Crippen LogP) is 3.54. The van der Waals surface area contributed by atoms with Gasteiger partial charge in [-0.25, -0.2) is 0 Å². The lowest BCUT2D eigenvalue weighted by Gasteiger charge is -2.42. The molecule has 1 aliphatic carbocycles. The Labute approximate surface area is 199 Å². The van der Waals surface area contributed by atoms with Crippen LogP contribution in [0, 0.1) is 11.8 Å². The van der Waals surface area contributed by atoms with E-state index in [4.69, 9.17) is 0 Å². The Morgan fingerprint density at radius 3 is 2.36 bits per heavy atom. The Balaban J connectivity index is 1.92. The fraction of sp³-hybridized carbons (Fsp3) is 0.704. The molecule has 0 radical (unpaired) electrons. The number of benzene rings is 1. The first kappa shape index (κ1) is 25.7. The van der Waals surface area contributed by atoms with Crippen molar-refractivity contribution in [2.24, 2.45) is 11.8 Å². The molecule has 1 aromatic carbocycles. The van der Waals surface area contributed by atoms with Gasteiger partial charge in [0.25, 0.3) is 0 Å². The van der Waals surface area contributed by atoms with Crippen LogP contribution >= 0.6 is 0 Å². The molecular formula is C27H43N3O3. The summed E-state index contributed by atoms with van der Waals surface area (Å²) in [6.45, 7) is 2.66. The normalized spacial score (nSPS) is 28.7. The Morgan fingerprint density at radius 1 is 1.12 bits per heavy atom. The molecule has 2 fully saturated rings. The molecule has 3 rings (SSSR count). The van der Waals surface area contributed by atoms with Crippen LogP contribution in [-0.2, 0) is 15.1 Å². The lowest BCUT2D eigenvalue weighted by atomic mass is 9.70. The number of hydrogen-bond donors (Lipinski definition) is 2. The number of amides is 2. The average Bonchev–Trinajstić information content (AvgIpc) is 2.81. The smallest absolute Gasteiger partial charge is 0.239 e. The van der Waals surface area contributed by atoms with Gasteiger partial charge in [0.05, 0.1) is 12.1 Å². The van der Waals surface area contributed by atoms with Crippen molar-refractivity contribution in [3.63, 3.8) is 0 Å². The van der Waals surface area contributed by atoms with Gasteiger partial charge in [-0.3, -0.25) is 14.5 Å². The number of carbonyl (C=O) groups is 2. The maximum atomic E-state index is 13.5. The second-order valence-corrected chi connectivity index (χ2v) is 10.6. The van der Waals surface area contributed by atoms with Crippen molar-refractivity contribution in [1.29, 1.82) is 0 Å². The van der Waals surface area contributed by atoms with Crippen molar-refractivity contribution >= 4 is 11.8 Å². The van der Waals surface area contributed by atoms with E-state index < -0.39 is 5.60 Å². The molecule has 2 unspecified atom stereocenters. The van der Waals surface area contributed by atoms with E-state index in [0.717, 1.165) is 51.4 Å². The molecule has 0 bridgehead atoms. The summed E-state index contributed by atoms with van der Waals surface area (Å²) in [6.07, 6.45) is 8.07. The van der Waals surface area contributed by atoms with Crippen molar-refractivity contribution < 1.29 is 14.7 Å². The van der Waals surface area contributed by atoms with Gasteiger partial charge in [-0.15, -0.1) is 0 Å². The molecule has 1 saturated heterocycles. The monoisotopic (exact) mass is 457 g/mol. The highest BCUT2D eigenvalue weighted by atomic mass is 16.3. The zero-order valence-corrected chi connectivity index (χ0v) is 21.0. The maximum absolute atomic E-state index is 13.5. The number of hydrogen-bond acceptors (Lipinski definition) is 4. The van der Waals surface area contributed by atoms with E-state index >= 15 is 0 Å². The Morgan fingerprint density at radius 2 is 1.79 bits per heavy atom. The largest absolute Gasteiger partial charge is 0.390 e. The van der Waals surface area contributed by atoms with E-state index in [0.29, 0.717) is 13.0 Å². The van der Waals surface area contributed by atoms with Crippen LogP contribution in [0.2, 0.25) is 0 Å². The third-order valence-corrected chi connectivity index (χ3v) is 8.30. The highest BCUT2D eigenvalue weighted by Crippen LogP contribution is 2.43. The molecule has 1 heterocycles. The van der Waals surface area contributed by atoms with Gasteiger partial charge in [0.1, 0.15) is 0 Å². The molecule has 6 heteroatoms. The quantitative estimate of drug-likeness (QED) is 0.685. The first-order chi connectivity index (χ1) is 15.7. The van der Waals surface area contributed by atoms with Gasteiger partial charge in [0.15, 0.2) is 0 Å². The molecule has 33 heavy (non-hydrogen) atoms. The molecule has 184 valence electrons. The molecule has 2 aliphatic rings. The zero-order valence-electron chi connectivity index (χ0n) is 21.0. The van der Waals surface area contributed by atoms with E-state index in [-0.39, 0.29) is 35.7 Å². The molecule has 2 amide bonds. The zero-order chi connectivity index (χ0) is 24.1. The highest BCUT2D eigenvalue weighted by molar-refractivity contribution is 5.85. The summed E-state index contributed by atoms with van der Waals surface area (Å²) in [4.78, 5) is 29.9. The van der Waals surface area contributed by atoms with Crippen LogP contribution in [0.5, 0.6) is 0 Å². The standard InChI is InChI=1S/C27H43N3O3/c1-21-22(19-26(33)14-9-15-26)11-8-16-27(29(3)4,23-12-6-5-7-13-23)17-10-18-30(25(21)32)20-24(31)28-2/h5-7,12-13,21-22,33H,8-11,14-20H2,1-4H3,(H,28,31)/t21?,22?,27-/m1/s1. The summed E-state index contributed by atoms with van der Waals surface area (Å²) in [6, 6.07) is 10.7. The third kappa shape index (κ3) is 5.96. The summed E-state index contributed by atoms with van der Waals surface area (Å²) in [7, 11) is 5.92. The fourth-order valence-electron chi connectivity index (χ4n) is 5.90. The Kier molecular flexibility index (Phi) is 8.57. The summed E-state index contributed by atoms with van der Waals surface area (Å²) < 4.78 is 0. The van der Waals surface area contributed by atoms with Crippen molar-refractivity contribution in [3.8, 4) is 0 Å². The molecule has 0 spiro atoms. The summed E-state index contributed by atoms with van der Waals surface area (Å²) >= 11 is 0. The van der Waals surface area contributed by atoms with Crippen LogP contribution in [0.3, 0.4) is 0 Å². The van der Waals surface area contributed by atoms with Gasteiger partial charge >= 0.3 is 0 Å². The molecular weight excluding hydrogens is 414 g/mol. The molecule has 1 aliphatic heterocycles. The second-order valence-electron chi connectivity index (χ2n) is 10.6. The molecule has 2 N–H and O–H groups in total. The average molecular weight is 458 g/mol. The number of likely N-dealkylation sites (N-methyl/N-ethyl adjacent to an activating group) is 1. The van der Waals surface area contributed by atoms with Crippen molar-refractivity contribution in [2.45, 2.75) is 75.9 Å². The number of rotatable bonds is 6. The first-order valence-corrected chi connectivity index (χ1v) is 12.7. The highest BCUT2D eigenvalue weighted by Gasteiger charge is 2.41. The van der Waals surface area contributed by atoms with E-state index in [9.17, 15) is 14.7 Å². The fourth-order valence-corrected chi connectivity index (χ4v) is 5.90. The third-order valence-electron chi connectivity index (χ3n) is 8.30. The topological polar surface area (TPSA) is 72.9 Å². The summed E-state index contributed by atoms with van der Waals surface area (Å²) in [5, 5.41) is 13.6. The number of aliphatic hydroxyl groups is 1. The van der Waals surface area contributed by atoms with Crippen LogP contribution in [0.15, 0.2) is 30.3 Å². The lowest BCUT2D eigenvalue weighted by Crippen LogP contribution is -2.46. The van der Waals surface area contributed by atoms with Crippen LogP contribution < -0.4 is 5.32 Å². The van der Waals surface area contributed by atoms with Crippen LogP contribution in [0.1, 0.15) is 70.3 Å². The van der Waals surface area contributed by atoms with Crippen molar-refractivity contribution in [1.82, 2.24) is 15.1 Å². The van der Waals surface area contributed by atoms with E-state index in [2.05, 4.69) is 54.6 Å². The van der Waals surface area contributed by atoms with Crippen LogP contribution in [-0.4, -0.2) is 66.6 Å². The summed E-state index contributed by atoms with van der Waals surface area (Å²) in [5.74, 6) is -0.184. The summed E-state index contributed by atoms with van der Waals surface area (Å²) in [5.41, 5.74) is 0.568. The van der Waals surface area contributed by atoms with Gasteiger partial charge in [0.2, 0.25) is 11.8 Å². The Bertz CT molecular complexity index is 793. The number of carbonyl (C=O) groups excluding carboxylic acids is 2. The van der Waals surface area contributed by atoms with Crippen molar-refractivity contribution in [2.75, 3.05) is 34.2 Å². The minimum absolute atomic E-state index is 0.0450. The minimum Gasteiger partial charge on any atom is -0.390 e. The van der Waals surface area contributed by atoms with Gasteiger partial charge < -0.3 is 15.3 Å². The maximum Gasteiger partial charge on any atom is 0.239 e. The molecule has 6 nitrogen and oxygen atoms in total. The van der Waals surface area contributed by atoms with Crippen molar-refractivity contribution in [3.05, 3.63) is 35.9 Å². The molecule has 3 atom stereocenters.